The van der Waals surface area contributed by atoms with Crippen LogP contribution in [-0.2, 0) is 6.54 Å². The zero-order valence-corrected chi connectivity index (χ0v) is 15.9. The molecule has 0 aliphatic heterocycles. The Morgan fingerprint density at radius 3 is 2.81 bits per heavy atom. The summed E-state index contributed by atoms with van der Waals surface area (Å²) in [6.07, 6.45) is 5.18. The van der Waals surface area contributed by atoms with Gasteiger partial charge in [0.25, 0.3) is 0 Å². The Kier molecular flexibility index (Phi) is 6.56. The van der Waals surface area contributed by atoms with Gasteiger partial charge in [0.1, 0.15) is 11.5 Å². The molecule has 1 aliphatic rings. The Balaban J connectivity index is 1.46. The fourth-order valence-electron chi connectivity index (χ4n) is 3.96. The third-order valence-corrected chi connectivity index (χ3v) is 5.47. The quantitative estimate of drug-likeness (QED) is 0.731. The number of ether oxygens (including phenoxy) is 1. The molecule has 1 saturated carbocycles. The van der Waals surface area contributed by atoms with Crippen molar-refractivity contribution in [3.05, 3.63) is 59.7 Å². The molecule has 0 bridgehead atoms. The minimum Gasteiger partial charge on any atom is -0.508 e. The van der Waals surface area contributed by atoms with E-state index in [1.165, 1.54) is 18.4 Å². The van der Waals surface area contributed by atoms with Crippen molar-refractivity contribution in [3.8, 4) is 11.5 Å². The number of hydrogen-bond donors (Lipinski definition) is 2. The lowest BCUT2D eigenvalue weighted by atomic mass is 9.79. The number of hydrogen-bond acceptors (Lipinski definition) is 3. The van der Waals surface area contributed by atoms with Crippen LogP contribution in [0.5, 0.6) is 11.5 Å². The van der Waals surface area contributed by atoms with Gasteiger partial charge in [-0.05, 0) is 86.4 Å². The summed E-state index contributed by atoms with van der Waals surface area (Å²) in [5, 5.41) is 13.1. The zero-order valence-electron chi connectivity index (χ0n) is 15.9. The summed E-state index contributed by atoms with van der Waals surface area (Å²) in [5.41, 5.74) is 2.38. The Labute approximate surface area is 157 Å². The van der Waals surface area contributed by atoms with Gasteiger partial charge in [-0.15, -0.1) is 0 Å². The van der Waals surface area contributed by atoms with Crippen molar-refractivity contribution in [1.29, 1.82) is 0 Å². The summed E-state index contributed by atoms with van der Waals surface area (Å²) in [5.74, 6) is 2.66. The van der Waals surface area contributed by atoms with Crippen LogP contribution in [0.3, 0.4) is 0 Å². The van der Waals surface area contributed by atoms with Crippen molar-refractivity contribution < 1.29 is 9.84 Å². The van der Waals surface area contributed by atoms with Crippen molar-refractivity contribution in [2.45, 2.75) is 52.2 Å². The molecule has 3 atom stereocenters. The van der Waals surface area contributed by atoms with E-state index in [4.69, 9.17) is 4.74 Å². The van der Waals surface area contributed by atoms with E-state index in [0.717, 1.165) is 37.2 Å². The summed E-state index contributed by atoms with van der Waals surface area (Å²) in [4.78, 5) is 0. The molecule has 1 unspecified atom stereocenters. The number of benzene rings is 2. The summed E-state index contributed by atoms with van der Waals surface area (Å²) in [6, 6.07) is 15.8. The van der Waals surface area contributed by atoms with Crippen LogP contribution in [0, 0.1) is 18.8 Å². The van der Waals surface area contributed by atoms with E-state index in [-0.39, 0.29) is 0 Å². The molecule has 1 fully saturated rings. The Morgan fingerprint density at radius 2 is 2.00 bits per heavy atom. The van der Waals surface area contributed by atoms with Gasteiger partial charge in [0.05, 0.1) is 6.10 Å². The number of rotatable bonds is 7. The summed E-state index contributed by atoms with van der Waals surface area (Å²) < 4.78 is 6.26. The second-order valence-electron chi connectivity index (χ2n) is 7.76. The van der Waals surface area contributed by atoms with Gasteiger partial charge in [-0.25, -0.2) is 0 Å². The molecule has 0 heterocycles. The highest BCUT2D eigenvalue weighted by molar-refractivity contribution is 5.28. The standard InChI is InChI=1S/C23H31NO2/c1-17-6-3-10-22(12-17)26-23-11-5-8-20(14-23)18(2)15-24-16-19-7-4-9-21(25)13-19/h3-4,6-7,9-10,12-13,18,20,23-25H,5,8,11,14-16H2,1-2H3/t18?,20-,23+/m0/s1. The predicted molar refractivity (Wildman–Crippen MR) is 107 cm³/mol. The maximum atomic E-state index is 9.55. The van der Waals surface area contributed by atoms with Crippen LogP contribution in [0.2, 0.25) is 0 Å². The number of phenols is 1. The first-order valence-corrected chi connectivity index (χ1v) is 9.82. The number of aryl methyl sites for hydroxylation is 1. The van der Waals surface area contributed by atoms with Gasteiger partial charge in [-0.3, -0.25) is 0 Å². The van der Waals surface area contributed by atoms with Crippen LogP contribution in [0.4, 0.5) is 0 Å². The van der Waals surface area contributed by atoms with Gasteiger partial charge < -0.3 is 15.2 Å². The van der Waals surface area contributed by atoms with E-state index in [0.29, 0.717) is 23.7 Å². The van der Waals surface area contributed by atoms with Crippen molar-refractivity contribution in [2.75, 3.05) is 6.54 Å². The number of aromatic hydroxyl groups is 1. The molecule has 2 aromatic rings. The first kappa shape index (κ1) is 18.8. The SMILES string of the molecule is Cc1cccc(O[C@@H]2CCC[C@H](C(C)CNCc3cccc(O)c3)C2)c1. The maximum absolute atomic E-state index is 9.55. The van der Waals surface area contributed by atoms with Gasteiger partial charge in [-0.1, -0.05) is 31.2 Å². The highest BCUT2D eigenvalue weighted by Gasteiger charge is 2.27. The average molecular weight is 354 g/mol. The molecule has 0 spiro atoms. The lowest BCUT2D eigenvalue weighted by molar-refractivity contribution is 0.102. The van der Waals surface area contributed by atoms with Gasteiger partial charge in [0.15, 0.2) is 0 Å². The fourth-order valence-corrected chi connectivity index (χ4v) is 3.96. The molecule has 140 valence electrons. The molecular weight excluding hydrogens is 322 g/mol. The molecule has 0 radical (unpaired) electrons. The highest BCUT2D eigenvalue weighted by atomic mass is 16.5. The van der Waals surface area contributed by atoms with Crippen molar-refractivity contribution in [2.24, 2.45) is 11.8 Å². The largest absolute Gasteiger partial charge is 0.508 e. The normalized spacial score (nSPS) is 21.3. The van der Waals surface area contributed by atoms with Crippen LogP contribution >= 0.6 is 0 Å². The van der Waals surface area contributed by atoms with Crippen LogP contribution in [0.1, 0.15) is 43.7 Å². The molecule has 1 aliphatic carbocycles. The van der Waals surface area contributed by atoms with Crippen molar-refractivity contribution in [1.82, 2.24) is 5.32 Å². The van der Waals surface area contributed by atoms with Crippen molar-refractivity contribution >= 4 is 0 Å². The second-order valence-corrected chi connectivity index (χ2v) is 7.76. The van der Waals surface area contributed by atoms with E-state index >= 15 is 0 Å². The maximum Gasteiger partial charge on any atom is 0.119 e. The second kappa shape index (κ2) is 9.09. The first-order valence-electron chi connectivity index (χ1n) is 9.82. The lowest BCUT2D eigenvalue weighted by Crippen LogP contribution is -2.33. The molecule has 2 N–H and O–H groups in total. The third-order valence-electron chi connectivity index (χ3n) is 5.47. The molecule has 0 aromatic heterocycles. The summed E-state index contributed by atoms with van der Waals surface area (Å²) in [7, 11) is 0. The molecule has 3 nitrogen and oxygen atoms in total. The minimum absolute atomic E-state index is 0.334. The van der Waals surface area contributed by atoms with Crippen LogP contribution in [-0.4, -0.2) is 17.8 Å². The topological polar surface area (TPSA) is 41.5 Å². The molecule has 2 aromatic carbocycles. The zero-order chi connectivity index (χ0) is 18.4. The molecule has 3 rings (SSSR count). The smallest absolute Gasteiger partial charge is 0.119 e. The van der Waals surface area contributed by atoms with E-state index < -0.39 is 0 Å². The Morgan fingerprint density at radius 1 is 1.15 bits per heavy atom. The Bertz CT molecular complexity index is 700. The molecule has 0 saturated heterocycles. The van der Waals surface area contributed by atoms with E-state index in [2.05, 4.69) is 43.4 Å². The van der Waals surface area contributed by atoms with Crippen LogP contribution in [0.15, 0.2) is 48.5 Å². The third kappa shape index (κ3) is 5.50. The fraction of sp³-hybridized carbons (Fsp3) is 0.478. The van der Waals surface area contributed by atoms with E-state index in [1.54, 1.807) is 6.07 Å². The van der Waals surface area contributed by atoms with E-state index in [9.17, 15) is 5.11 Å². The van der Waals surface area contributed by atoms with Gasteiger partial charge in [0.2, 0.25) is 0 Å². The van der Waals surface area contributed by atoms with Gasteiger partial charge >= 0.3 is 0 Å². The molecule has 3 heteroatoms. The first-order chi connectivity index (χ1) is 12.6. The molecule has 0 amide bonds. The minimum atomic E-state index is 0.334. The molecule has 26 heavy (non-hydrogen) atoms. The van der Waals surface area contributed by atoms with Gasteiger partial charge in [-0.2, -0.15) is 0 Å². The number of nitrogens with one attached hydrogen (secondary N) is 1. The van der Waals surface area contributed by atoms with Gasteiger partial charge in [0, 0.05) is 6.54 Å². The number of phenolic OH excluding ortho intramolecular Hbond substituents is 1. The predicted octanol–water partition coefficient (Wildman–Crippen LogP) is 5.06. The van der Waals surface area contributed by atoms with Crippen LogP contribution < -0.4 is 10.1 Å². The monoisotopic (exact) mass is 353 g/mol. The van der Waals surface area contributed by atoms with E-state index in [1.807, 2.05) is 18.2 Å². The lowest BCUT2D eigenvalue weighted by Gasteiger charge is -2.33. The highest BCUT2D eigenvalue weighted by Crippen LogP contribution is 2.32. The average Bonchev–Trinajstić information content (AvgIpc) is 2.62. The summed E-state index contributed by atoms with van der Waals surface area (Å²) in [6.45, 7) is 6.25. The Hall–Kier alpha value is -2.00. The van der Waals surface area contributed by atoms with Crippen molar-refractivity contribution in [3.63, 3.8) is 0 Å². The molecular formula is C23H31NO2. The summed E-state index contributed by atoms with van der Waals surface area (Å²) >= 11 is 0. The van der Waals surface area contributed by atoms with Crippen LogP contribution in [0.25, 0.3) is 0 Å².